The molecule has 0 fully saturated rings. The number of allylic oxidation sites excluding steroid dienone is 4. The number of nitrogens with zero attached hydrogens (tertiary/aromatic N) is 2. The van der Waals surface area contributed by atoms with Gasteiger partial charge in [0.05, 0.1) is 12.0 Å². The van der Waals surface area contributed by atoms with E-state index in [4.69, 9.17) is 10.5 Å². The van der Waals surface area contributed by atoms with Crippen molar-refractivity contribution in [1.29, 1.82) is 10.5 Å². The lowest BCUT2D eigenvalue weighted by molar-refractivity contribution is 0.225. The van der Waals surface area contributed by atoms with Gasteiger partial charge in [0.2, 0.25) is 0 Å². The number of hydrogen-bond donors (Lipinski definition) is 0. The molecule has 0 bridgehead atoms. The van der Waals surface area contributed by atoms with Crippen molar-refractivity contribution in [2.75, 3.05) is 0 Å². The van der Waals surface area contributed by atoms with Gasteiger partial charge in [0, 0.05) is 0 Å². The van der Waals surface area contributed by atoms with Crippen molar-refractivity contribution >= 4 is 0 Å². The Morgan fingerprint density at radius 2 is 2.00 bits per heavy atom. The largest absolute Gasteiger partial charge is 0.253 e. The average molecular weight is 184 g/mol. The fourth-order valence-corrected chi connectivity index (χ4v) is 0.899. The van der Waals surface area contributed by atoms with Crippen LogP contribution in [0.4, 0.5) is 13.2 Å². The van der Waals surface area contributed by atoms with Gasteiger partial charge in [0.1, 0.15) is 18.0 Å². The molecule has 0 spiro atoms. The van der Waals surface area contributed by atoms with Gasteiger partial charge < -0.3 is 0 Å². The Balaban J connectivity index is 3.18. The highest BCUT2D eigenvalue weighted by atomic mass is 19.2. The quantitative estimate of drug-likeness (QED) is 0.579. The maximum Gasteiger partial charge on any atom is 0.253 e. The number of halogens is 3. The van der Waals surface area contributed by atoms with Crippen molar-refractivity contribution in [1.82, 2.24) is 0 Å². The van der Waals surface area contributed by atoms with Crippen molar-refractivity contribution in [3.8, 4) is 12.1 Å². The first-order valence-electron chi connectivity index (χ1n) is 3.30. The summed E-state index contributed by atoms with van der Waals surface area (Å²) >= 11 is 0. The van der Waals surface area contributed by atoms with Crippen LogP contribution in [0.1, 0.15) is 6.42 Å². The lowest BCUT2D eigenvalue weighted by atomic mass is 9.93. The Bertz CT molecular complexity index is 383. The van der Waals surface area contributed by atoms with E-state index in [1.54, 1.807) is 0 Å². The molecule has 0 aromatic rings. The normalized spacial score (nSPS) is 27.6. The van der Waals surface area contributed by atoms with Crippen LogP contribution in [0.5, 0.6) is 0 Å². The Morgan fingerprint density at radius 3 is 2.46 bits per heavy atom. The van der Waals surface area contributed by atoms with Crippen molar-refractivity contribution in [2.45, 2.75) is 12.1 Å². The standard InChI is InChI=1S/C8H3F3N2/c9-6-2-8(11,4-13)7(10)1-5(6)3-12/h1H,2H2. The van der Waals surface area contributed by atoms with Gasteiger partial charge in [-0.1, -0.05) is 0 Å². The monoisotopic (exact) mass is 184 g/mol. The van der Waals surface area contributed by atoms with E-state index in [0.29, 0.717) is 6.08 Å². The predicted molar refractivity (Wildman–Crippen MR) is 37.0 cm³/mol. The molecular formula is C8H3F3N2. The van der Waals surface area contributed by atoms with Crippen LogP contribution in [0.25, 0.3) is 0 Å². The van der Waals surface area contributed by atoms with Crippen LogP contribution < -0.4 is 0 Å². The molecule has 0 aliphatic heterocycles. The summed E-state index contributed by atoms with van der Waals surface area (Å²) in [6.45, 7) is 0. The van der Waals surface area contributed by atoms with Gasteiger partial charge in [-0.05, 0) is 6.08 Å². The van der Waals surface area contributed by atoms with Gasteiger partial charge in [0.25, 0.3) is 5.67 Å². The summed E-state index contributed by atoms with van der Waals surface area (Å²) in [5.41, 5.74) is -3.52. The van der Waals surface area contributed by atoms with Crippen LogP contribution in [0, 0.1) is 22.7 Å². The van der Waals surface area contributed by atoms with Crippen molar-refractivity contribution in [2.24, 2.45) is 0 Å². The van der Waals surface area contributed by atoms with E-state index in [1.807, 2.05) is 0 Å². The number of alkyl halides is 1. The van der Waals surface area contributed by atoms with Crippen molar-refractivity contribution in [3.63, 3.8) is 0 Å². The molecule has 1 rings (SSSR count). The first kappa shape index (κ1) is 9.34. The fraction of sp³-hybridized carbons (Fsp3) is 0.250. The highest BCUT2D eigenvalue weighted by molar-refractivity contribution is 5.45. The maximum atomic E-state index is 13.1. The SMILES string of the molecule is N#CC1=C(F)CC(F)(C#N)C(F)=C1. The summed E-state index contributed by atoms with van der Waals surface area (Å²) in [5.74, 6) is -2.53. The Labute approximate surface area is 72.2 Å². The third-order valence-electron chi connectivity index (χ3n) is 1.64. The van der Waals surface area contributed by atoms with Crippen LogP contribution in [0.2, 0.25) is 0 Å². The molecule has 0 amide bonds. The molecule has 0 saturated heterocycles. The van der Waals surface area contributed by atoms with Crippen molar-refractivity contribution in [3.05, 3.63) is 23.3 Å². The molecule has 0 N–H and O–H groups in total. The molecule has 13 heavy (non-hydrogen) atoms. The van der Waals surface area contributed by atoms with E-state index in [-0.39, 0.29) is 0 Å². The topological polar surface area (TPSA) is 47.6 Å². The summed E-state index contributed by atoms with van der Waals surface area (Å²) in [6, 6.07) is 2.37. The summed E-state index contributed by atoms with van der Waals surface area (Å²) in [5, 5.41) is 16.5. The first-order chi connectivity index (χ1) is 6.03. The second-order valence-electron chi connectivity index (χ2n) is 2.51. The zero-order valence-electron chi connectivity index (χ0n) is 6.31. The minimum Gasteiger partial charge on any atom is -0.219 e. The maximum absolute atomic E-state index is 13.1. The number of nitriles is 2. The Hall–Kier alpha value is -1.75. The van der Waals surface area contributed by atoms with E-state index in [1.165, 1.54) is 6.07 Å². The molecule has 1 atom stereocenters. The summed E-state index contributed by atoms with van der Waals surface area (Å²) in [6.07, 6.45) is -0.628. The minimum atomic E-state index is -2.95. The Kier molecular flexibility index (Phi) is 2.12. The zero-order chi connectivity index (χ0) is 10.1. The molecule has 66 valence electrons. The van der Waals surface area contributed by atoms with Crippen molar-refractivity contribution < 1.29 is 13.2 Å². The van der Waals surface area contributed by atoms with Gasteiger partial charge in [-0.2, -0.15) is 10.5 Å². The van der Waals surface area contributed by atoms with E-state index in [9.17, 15) is 13.2 Å². The fourth-order valence-electron chi connectivity index (χ4n) is 0.899. The van der Waals surface area contributed by atoms with E-state index in [0.717, 1.165) is 6.07 Å². The van der Waals surface area contributed by atoms with Gasteiger partial charge in [-0.25, -0.2) is 13.2 Å². The Morgan fingerprint density at radius 1 is 1.38 bits per heavy atom. The van der Waals surface area contributed by atoms with E-state index >= 15 is 0 Å². The molecule has 0 saturated carbocycles. The van der Waals surface area contributed by atoms with Crippen LogP contribution >= 0.6 is 0 Å². The number of rotatable bonds is 0. The highest BCUT2D eigenvalue weighted by Gasteiger charge is 2.40. The lowest BCUT2D eigenvalue weighted by Crippen LogP contribution is -2.24. The summed E-state index contributed by atoms with van der Waals surface area (Å²) in [4.78, 5) is 0. The molecule has 2 nitrogen and oxygen atoms in total. The molecular weight excluding hydrogens is 181 g/mol. The zero-order valence-corrected chi connectivity index (χ0v) is 6.31. The lowest BCUT2D eigenvalue weighted by Gasteiger charge is -2.17. The molecule has 0 radical (unpaired) electrons. The van der Waals surface area contributed by atoms with Gasteiger partial charge in [-0.3, -0.25) is 0 Å². The smallest absolute Gasteiger partial charge is 0.219 e. The highest BCUT2D eigenvalue weighted by Crippen LogP contribution is 2.36. The molecule has 1 unspecified atom stereocenters. The minimum absolute atomic E-state index is 0.405. The van der Waals surface area contributed by atoms with Crippen LogP contribution in [-0.2, 0) is 0 Å². The second kappa shape index (κ2) is 2.95. The van der Waals surface area contributed by atoms with Gasteiger partial charge >= 0.3 is 0 Å². The second-order valence-corrected chi connectivity index (χ2v) is 2.51. The third kappa shape index (κ3) is 1.41. The van der Waals surface area contributed by atoms with Crippen LogP contribution in [0.3, 0.4) is 0 Å². The summed E-state index contributed by atoms with van der Waals surface area (Å²) in [7, 11) is 0. The molecule has 0 heterocycles. The van der Waals surface area contributed by atoms with E-state index < -0.39 is 29.3 Å². The van der Waals surface area contributed by atoms with Gasteiger partial charge in [0.15, 0.2) is 5.83 Å². The first-order valence-corrected chi connectivity index (χ1v) is 3.30. The number of hydrogen-bond acceptors (Lipinski definition) is 2. The third-order valence-corrected chi connectivity index (χ3v) is 1.64. The van der Waals surface area contributed by atoms with Gasteiger partial charge in [-0.15, -0.1) is 0 Å². The molecule has 5 heteroatoms. The van der Waals surface area contributed by atoms with E-state index in [2.05, 4.69) is 0 Å². The van der Waals surface area contributed by atoms with Crippen LogP contribution in [-0.4, -0.2) is 5.67 Å². The molecule has 1 aliphatic rings. The summed E-state index contributed by atoms with van der Waals surface area (Å²) < 4.78 is 38.6. The average Bonchev–Trinajstić information content (AvgIpc) is 2.11. The predicted octanol–water partition coefficient (Wildman–Crippen LogP) is 2.22. The molecule has 0 aromatic carbocycles. The van der Waals surface area contributed by atoms with Crippen LogP contribution in [0.15, 0.2) is 23.3 Å². The molecule has 1 aliphatic carbocycles. The molecule has 0 aromatic heterocycles.